The second-order valence-corrected chi connectivity index (χ2v) is 3.67. The van der Waals surface area contributed by atoms with Crippen molar-refractivity contribution >= 4 is 11.6 Å². The topological polar surface area (TPSA) is 58.7 Å². The van der Waals surface area contributed by atoms with Gasteiger partial charge in [0.1, 0.15) is 11.4 Å². The average molecular weight is 181 g/mol. The summed E-state index contributed by atoms with van der Waals surface area (Å²) in [5, 5.41) is 0. The van der Waals surface area contributed by atoms with E-state index in [1.165, 1.54) is 4.90 Å². The van der Waals surface area contributed by atoms with Gasteiger partial charge in [-0.15, -0.1) is 0 Å². The number of hydrogen-bond donors (Lipinski definition) is 1. The Hall–Kier alpha value is -1.16. The summed E-state index contributed by atoms with van der Waals surface area (Å²) in [4.78, 5) is 17.1. The van der Waals surface area contributed by atoms with E-state index in [9.17, 15) is 4.79 Å². The summed E-state index contributed by atoms with van der Waals surface area (Å²) < 4.78 is 0. The van der Waals surface area contributed by atoms with E-state index < -0.39 is 5.66 Å². The molecule has 0 fully saturated rings. The van der Waals surface area contributed by atoms with E-state index in [0.717, 1.165) is 5.57 Å². The van der Waals surface area contributed by atoms with Crippen molar-refractivity contribution in [2.24, 2.45) is 10.7 Å². The molecular formula is C9H15N3O. The lowest BCUT2D eigenvalue weighted by Crippen LogP contribution is -2.34. The van der Waals surface area contributed by atoms with Gasteiger partial charge in [0.05, 0.1) is 0 Å². The third-order valence-corrected chi connectivity index (χ3v) is 2.13. The van der Waals surface area contributed by atoms with Crippen molar-refractivity contribution in [2.75, 3.05) is 14.1 Å². The fraction of sp³-hybridized carbons (Fsp3) is 0.556. The number of hydrogen-bond acceptors (Lipinski definition) is 3. The summed E-state index contributed by atoms with van der Waals surface area (Å²) in [5.41, 5.74) is 6.47. The first-order valence-corrected chi connectivity index (χ1v) is 4.14. The highest BCUT2D eigenvalue weighted by atomic mass is 16.2. The molecule has 1 heterocycles. The molecule has 0 bridgehead atoms. The van der Waals surface area contributed by atoms with E-state index in [-0.39, 0.29) is 5.91 Å². The van der Waals surface area contributed by atoms with E-state index >= 15 is 0 Å². The Morgan fingerprint density at radius 3 is 2.46 bits per heavy atom. The molecule has 1 atom stereocenters. The molecule has 1 unspecified atom stereocenters. The fourth-order valence-electron chi connectivity index (χ4n) is 1.06. The zero-order valence-electron chi connectivity index (χ0n) is 8.46. The normalized spacial score (nSPS) is 26.8. The van der Waals surface area contributed by atoms with E-state index in [1.807, 2.05) is 6.92 Å². The quantitative estimate of drug-likeness (QED) is 0.626. The van der Waals surface area contributed by atoms with Crippen LogP contribution in [0, 0.1) is 0 Å². The first kappa shape index (κ1) is 9.92. The lowest BCUT2D eigenvalue weighted by molar-refractivity contribution is -0.121. The van der Waals surface area contributed by atoms with Crippen LogP contribution in [0.1, 0.15) is 13.8 Å². The number of aliphatic imine (C=N–C) groups is 1. The molecule has 0 aliphatic carbocycles. The molecule has 1 aliphatic heterocycles. The molecule has 2 N–H and O–H groups in total. The summed E-state index contributed by atoms with van der Waals surface area (Å²) in [6.45, 7) is 3.66. The Balaban J connectivity index is 2.94. The fourth-order valence-corrected chi connectivity index (χ4v) is 1.06. The summed E-state index contributed by atoms with van der Waals surface area (Å²) in [5.74, 6) is -0.103. The molecule has 0 aromatic rings. The predicted octanol–water partition coefficient (Wildman–Crippen LogP) is 0.150. The van der Waals surface area contributed by atoms with Crippen LogP contribution < -0.4 is 5.73 Å². The minimum atomic E-state index is -0.707. The molecule has 0 spiro atoms. The molecule has 0 radical (unpaired) electrons. The van der Waals surface area contributed by atoms with Gasteiger partial charge in [0, 0.05) is 14.1 Å². The lowest BCUT2D eigenvalue weighted by atomic mass is 10.1. The van der Waals surface area contributed by atoms with Gasteiger partial charge in [-0.05, 0) is 25.5 Å². The SMILES string of the molecule is CC1=CC(C(=O)N(C)C)=NC1(C)N. The monoisotopic (exact) mass is 181 g/mol. The van der Waals surface area contributed by atoms with Crippen LogP contribution >= 0.6 is 0 Å². The van der Waals surface area contributed by atoms with Gasteiger partial charge in [-0.2, -0.15) is 0 Å². The molecule has 1 amide bonds. The van der Waals surface area contributed by atoms with Gasteiger partial charge >= 0.3 is 0 Å². The highest BCUT2D eigenvalue weighted by Crippen LogP contribution is 2.21. The first-order chi connectivity index (χ1) is 5.84. The van der Waals surface area contributed by atoms with Gasteiger partial charge in [-0.3, -0.25) is 9.79 Å². The Bertz CT molecular complexity index is 300. The number of carbonyl (C=O) groups is 1. The van der Waals surface area contributed by atoms with Crippen LogP contribution in [0.2, 0.25) is 0 Å². The van der Waals surface area contributed by atoms with Crippen LogP contribution in [-0.2, 0) is 4.79 Å². The molecule has 4 nitrogen and oxygen atoms in total. The van der Waals surface area contributed by atoms with E-state index in [0.29, 0.717) is 5.71 Å². The summed E-state index contributed by atoms with van der Waals surface area (Å²) >= 11 is 0. The second-order valence-electron chi connectivity index (χ2n) is 3.67. The number of rotatable bonds is 1. The van der Waals surface area contributed by atoms with Crippen LogP contribution in [0.4, 0.5) is 0 Å². The Morgan fingerprint density at radius 2 is 2.15 bits per heavy atom. The molecule has 72 valence electrons. The van der Waals surface area contributed by atoms with Crippen molar-refractivity contribution in [3.63, 3.8) is 0 Å². The molecule has 0 aromatic carbocycles. The standard InChI is InChI=1S/C9H15N3O/c1-6-5-7(8(13)12(3)4)11-9(6,2)10/h5H,10H2,1-4H3. The van der Waals surface area contributed by atoms with Crippen molar-refractivity contribution in [3.05, 3.63) is 11.6 Å². The molecule has 1 rings (SSSR count). The van der Waals surface area contributed by atoms with Crippen molar-refractivity contribution in [2.45, 2.75) is 19.5 Å². The Kier molecular flexibility index (Phi) is 2.26. The maximum atomic E-state index is 11.5. The molecule has 1 aliphatic rings. The average Bonchev–Trinajstić information content (AvgIpc) is 2.25. The first-order valence-electron chi connectivity index (χ1n) is 4.14. The van der Waals surface area contributed by atoms with Crippen LogP contribution in [0.3, 0.4) is 0 Å². The Morgan fingerprint density at radius 1 is 1.62 bits per heavy atom. The lowest BCUT2D eigenvalue weighted by Gasteiger charge is -2.15. The molecule has 13 heavy (non-hydrogen) atoms. The largest absolute Gasteiger partial charge is 0.343 e. The number of nitrogens with two attached hydrogens (primary N) is 1. The summed E-state index contributed by atoms with van der Waals surface area (Å²) in [6, 6.07) is 0. The third-order valence-electron chi connectivity index (χ3n) is 2.13. The van der Waals surface area contributed by atoms with Gasteiger partial charge in [-0.25, -0.2) is 0 Å². The Labute approximate surface area is 78.1 Å². The predicted molar refractivity (Wildman–Crippen MR) is 52.5 cm³/mol. The zero-order chi connectivity index (χ0) is 10.2. The minimum Gasteiger partial charge on any atom is -0.343 e. The second kappa shape index (κ2) is 2.96. The van der Waals surface area contributed by atoms with Crippen molar-refractivity contribution in [1.29, 1.82) is 0 Å². The van der Waals surface area contributed by atoms with E-state index in [1.54, 1.807) is 27.1 Å². The van der Waals surface area contributed by atoms with Crippen molar-refractivity contribution in [3.8, 4) is 0 Å². The number of nitrogens with zero attached hydrogens (tertiary/aromatic N) is 2. The van der Waals surface area contributed by atoms with Gasteiger partial charge in [0.15, 0.2) is 0 Å². The number of amides is 1. The maximum Gasteiger partial charge on any atom is 0.271 e. The summed E-state index contributed by atoms with van der Waals surface area (Å²) in [7, 11) is 3.39. The molecule has 0 saturated heterocycles. The van der Waals surface area contributed by atoms with Gasteiger partial charge in [-0.1, -0.05) is 0 Å². The zero-order valence-corrected chi connectivity index (χ0v) is 8.46. The highest BCUT2D eigenvalue weighted by molar-refractivity contribution is 6.44. The van der Waals surface area contributed by atoms with Gasteiger partial charge in [0.25, 0.3) is 5.91 Å². The van der Waals surface area contributed by atoms with Gasteiger partial charge in [0.2, 0.25) is 0 Å². The van der Waals surface area contributed by atoms with Crippen LogP contribution in [-0.4, -0.2) is 36.3 Å². The maximum absolute atomic E-state index is 11.5. The smallest absolute Gasteiger partial charge is 0.271 e. The van der Waals surface area contributed by atoms with Crippen LogP contribution in [0.25, 0.3) is 0 Å². The third kappa shape index (κ3) is 1.78. The van der Waals surface area contributed by atoms with E-state index in [2.05, 4.69) is 4.99 Å². The summed E-state index contributed by atoms with van der Waals surface area (Å²) in [6.07, 6.45) is 1.74. The molecule has 0 aromatic heterocycles. The van der Waals surface area contributed by atoms with Crippen molar-refractivity contribution in [1.82, 2.24) is 4.90 Å². The minimum absolute atomic E-state index is 0.103. The van der Waals surface area contributed by atoms with Gasteiger partial charge < -0.3 is 10.6 Å². The van der Waals surface area contributed by atoms with Crippen LogP contribution in [0.15, 0.2) is 16.6 Å². The molecule has 0 saturated carbocycles. The van der Waals surface area contributed by atoms with Crippen LogP contribution in [0.5, 0.6) is 0 Å². The number of carbonyl (C=O) groups excluding carboxylic acids is 1. The molecule has 4 heteroatoms. The molecular weight excluding hydrogens is 166 g/mol. The van der Waals surface area contributed by atoms with E-state index in [4.69, 9.17) is 5.73 Å². The highest BCUT2D eigenvalue weighted by Gasteiger charge is 2.28. The van der Waals surface area contributed by atoms with Crippen molar-refractivity contribution < 1.29 is 4.79 Å².